The third-order valence-electron chi connectivity index (χ3n) is 4.41. The maximum Gasteiger partial charge on any atom is 0.294 e. The van der Waals surface area contributed by atoms with E-state index >= 15 is 0 Å². The molecule has 98 valence electrons. The molecular weight excluding hydrogens is 244 g/mol. The minimum Gasteiger partial charge on any atom is -0.232 e. The van der Waals surface area contributed by atoms with Gasteiger partial charge in [-0.2, -0.15) is 4.40 Å². The number of para-hydroxylation sites is 1. The molecular formula is C18H17N2+. The molecule has 0 aliphatic heterocycles. The second kappa shape index (κ2) is 3.83. The summed E-state index contributed by atoms with van der Waals surface area (Å²) in [6.45, 7) is 4.41. The molecule has 0 atom stereocenters. The lowest BCUT2D eigenvalue weighted by atomic mass is 9.98. The Morgan fingerprint density at radius 3 is 2.60 bits per heavy atom. The molecule has 4 rings (SSSR count). The number of hydrogen-bond acceptors (Lipinski definition) is 0. The van der Waals surface area contributed by atoms with Crippen LogP contribution in [0.3, 0.4) is 0 Å². The van der Waals surface area contributed by atoms with Gasteiger partial charge in [0.2, 0.25) is 0 Å². The minimum absolute atomic E-state index is 1.26. The van der Waals surface area contributed by atoms with Crippen LogP contribution in [0.2, 0.25) is 0 Å². The Kier molecular flexibility index (Phi) is 2.19. The van der Waals surface area contributed by atoms with Gasteiger partial charge in [-0.05, 0) is 31.0 Å². The summed E-state index contributed by atoms with van der Waals surface area (Å²) in [5, 5.41) is 4.01. The summed E-state index contributed by atoms with van der Waals surface area (Å²) in [6, 6.07) is 13.1. The number of nitrogens with zero attached hydrogens (tertiary/aromatic N) is 2. The first kappa shape index (κ1) is 11.5. The number of rotatable bonds is 0. The quantitative estimate of drug-likeness (QED) is 0.337. The Morgan fingerprint density at radius 2 is 1.75 bits per heavy atom. The minimum atomic E-state index is 1.26. The van der Waals surface area contributed by atoms with Gasteiger partial charge in [0, 0.05) is 10.8 Å². The van der Waals surface area contributed by atoms with Gasteiger partial charge in [-0.15, -0.1) is 0 Å². The lowest BCUT2D eigenvalue weighted by Gasteiger charge is -2.08. The summed E-state index contributed by atoms with van der Waals surface area (Å²) in [5.41, 5.74) is 5.24. The smallest absolute Gasteiger partial charge is 0.232 e. The first-order valence-corrected chi connectivity index (χ1v) is 6.96. The number of hydrogen-bond donors (Lipinski definition) is 0. The van der Waals surface area contributed by atoms with Crippen molar-refractivity contribution in [1.29, 1.82) is 0 Å². The Labute approximate surface area is 117 Å². The molecule has 0 amide bonds. The highest BCUT2D eigenvalue weighted by atomic mass is 15.1. The van der Waals surface area contributed by atoms with E-state index in [9.17, 15) is 0 Å². The molecule has 0 bridgehead atoms. The Morgan fingerprint density at radius 1 is 0.950 bits per heavy atom. The number of benzene rings is 2. The van der Waals surface area contributed by atoms with Crippen LogP contribution in [0.15, 0.2) is 48.8 Å². The number of fused-ring (bicyclic) bond motifs is 6. The van der Waals surface area contributed by atoms with Crippen molar-refractivity contribution >= 4 is 27.3 Å². The molecule has 4 aromatic rings. The van der Waals surface area contributed by atoms with Crippen LogP contribution in [0, 0.1) is 13.8 Å². The van der Waals surface area contributed by atoms with E-state index in [0.29, 0.717) is 0 Å². The summed E-state index contributed by atoms with van der Waals surface area (Å²) in [4.78, 5) is 0. The average molecular weight is 261 g/mol. The van der Waals surface area contributed by atoms with E-state index in [2.05, 4.69) is 78.7 Å². The van der Waals surface area contributed by atoms with Gasteiger partial charge in [0.1, 0.15) is 17.9 Å². The van der Waals surface area contributed by atoms with Gasteiger partial charge in [0.25, 0.3) is 5.65 Å². The summed E-state index contributed by atoms with van der Waals surface area (Å²) in [7, 11) is 2.12. The standard InChI is InChI=1S/C18H17N2/c1-12-8-9-15-14-6-4-5-7-16(14)20-11-10-19(3)18(20)17(15)13(12)2/h4-11H,1-3H3/q+1. The predicted octanol–water partition coefficient (Wildman–Crippen LogP) is 3.69. The van der Waals surface area contributed by atoms with Crippen LogP contribution < -0.4 is 4.57 Å². The van der Waals surface area contributed by atoms with Gasteiger partial charge in [0.05, 0.1) is 12.4 Å². The van der Waals surface area contributed by atoms with Gasteiger partial charge < -0.3 is 0 Å². The molecule has 2 aromatic carbocycles. The maximum atomic E-state index is 2.30. The summed E-state index contributed by atoms with van der Waals surface area (Å²) < 4.78 is 4.51. The van der Waals surface area contributed by atoms with Gasteiger partial charge in [0.15, 0.2) is 0 Å². The van der Waals surface area contributed by atoms with Crippen molar-refractivity contribution < 1.29 is 4.57 Å². The number of aryl methyl sites for hydroxylation is 3. The Balaban J connectivity index is 2.48. The van der Waals surface area contributed by atoms with Gasteiger partial charge >= 0.3 is 0 Å². The lowest BCUT2D eigenvalue weighted by Crippen LogP contribution is -2.26. The first-order chi connectivity index (χ1) is 9.68. The SMILES string of the molecule is Cc1ccc2c3ccccc3n3cc[n+](C)c3c2c1C. The molecule has 0 aliphatic carbocycles. The van der Waals surface area contributed by atoms with Crippen molar-refractivity contribution in [3.05, 3.63) is 59.9 Å². The molecule has 0 N–H and O–H groups in total. The lowest BCUT2D eigenvalue weighted by molar-refractivity contribution is -0.643. The fourth-order valence-corrected chi connectivity index (χ4v) is 3.21. The van der Waals surface area contributed by atoms with Crippen molar-refractivity contribution in [2.45, 2.75) is 13.8 Å². The third-order valence-corrected chi connectivity index (χ3v) is 4.41. The van der Waals surface area contributed by atoms with E-state index in [4.69, 9.17) is 0 Å². The van der Waals surface area contributed by atoms with Crippen molar-refractivity contribution in [2.75, 3.05) is 0 Å². The number of pyridine rings is 1. The highest BCUT2D eigenvalue weighted by Gasteiger charge is 2.18. The van der Waals surface area contributed by atoms with Gasteiger partial charge in [-0.1, -0.05) is 30.3 Å². The Bertz CT molecular complexity index is 977. The van der Waals surface area contributed by atoms with Gasteiger partial charge in [-0.3, -0.25) is 0 Å². The van der Waals surface area contributed by atoms with Gasteiger partial charge in [-0.25, -0.2) is 4.57 Å². The predicted molar refractivity (Wildman–Crippen MR) is 83.1 cm³/mol. The zero-order valence-corrected chi connectivity index (χ0v) is 12.0. The van der Waals surface area contributed by atoms with Crippen molar-refractivity contribution in [3.8, 4) is 0 Å². The van der Waals surface area contributed by atoms with Crippen molar-refractivity contribution in [2.24, 2.45) is 7.05 Å². The van der Waals surface area contributed by atoms with Crippen LogP contribution in [0.4, 0.5) is 0 Å². The van der Waals surface area contributed by atoms with Crippen LogP contribution in [0.1, 0.15) is 11.1 Å². The van der Waals surface area contributed by atoms with E-state index in [-0.39, 0.29) is 0 Å². The summed E-state index contributed by atoms with van der Waals surface area (Å²) in [5.74, 6) is 0. The zero-order valence-electron chi connectivity index (χ0n) is 12.0. The number of imidazole rings is 1. The monoisotopic (exact) mass is 261 g/mol. The molecule has 0 spiro atoms. The van der Waals surface area contributed by atoms with Crippen LogP contribution in [0.25, 0.3) is 27.3 Å². The fraction of sp³-hybridized carbons (Fsp3) is 0.167. The second-order valence-electron chi connectivity index (χ2n) is 5.55. The highest BCUT2D eigenvalue weighted by Crippen LogP contribution is 2.31. The second-order valence-corrected chi connectivity index (χ2v) is 5.55. The van der Waals surface area contributed by atoms with Crippen molar-refractivity contribution in [1.82, 2.24) is 4.40 Å². The molecule has 2 heterocycles. The molecule has 0 radical (unpaired) electrons. The van der Waals surface area contributed by atoms with Crippen LogP contribution in [-0.2, 0) is 7.05 Å². The maximum absolute atomic E-state index is 2.30. The molecule has 0 fully saturated rings. The molecule has 2 heteroatoms. The van der Waals surface area contributed by atoms with E-state index < -0.39 is 0 Å². The topological polar surface area (TPSA) is 8.29 Å². The number of aromatic nitrogens is 2. The normalized spacial score (nSPS) is 11.8. The summed E-state index contributed by atoms with van der Waals surface area (Å²) in [6.07, 6.45) is 4.28. The van der Waals surface area contributed by atoms with Crippen LogP contribution in [-0.4, -0.2) is 4.40 Å². The van der Waals surface area contributed by atoms with E-state index in [1.54, 1.807) is 0 Å². The third kappa shape index (κ3) is 1.31. The molecule has 2 nitrogen and oxygen atoms in total. The first-order valence-electron chi connectivity index (χ1n) is 6.96. The summed E-state index contributed by atoms with van der Waals surface area (Å²) >= 11 is 0. The van der Waals surface area contributed by atoms with E-state index in [1.807, 2.05) is 0 Å². The molecule has 0 saturated heterocycles. The molecule has 0 unspecified atom stereocenters. The molecule has 2 aromatic heterocycles. The largest absolute Gasteiger partial charge is 0.294 e. The average Bonchev–Trinajstić information content (AvgIpc) is 2.85. The van der Waals surface area contributed by atoms with E-state index in [1.165, 1.54) is 38.4 Å². The van der Waals surface area contributed by atoms with Crippen LogP contribution in [0.5, 0.6) is 0 Å². The van der Waals surface area contributed by atoms with Crippen molar-refractivity contribution in [3.63, 3.8) is 0 Å². The molecule has 0 aliphatic rings. The van der Waals surface area contributed by atoms with Crippen LogP contribution >= 0.6 is 0 Å². The Hall–Kier alpha value is -2.35. The highest BCUT2D eigenvalue weighted by molar-refractivity contribution is 6.12. The fourth-order valence-electron chi connectivity index (χ4n) is 3.21. The molecule has 0 saturated carbocycles. The zero-order chi connectivity index (χ0) is 13.9. The van der Waals surface area contributed by atoms with E-state index in [0.717, 1.165) is 0 Å². The molecule has 20 heavy (non-hydrogen) atoms.